The molecule has 0 bridgehead atoms. The maximum absolute atomic E-state index is 12.2. The van der Waals surface area contributed by atoms with Crippen LogP contribution in [-0.4, -0.2) is 20.4 Å². The number of amides is 1. The number of nitrogens with zero attached hydrogens (tertiary/aromatic N) is 3. The molecule has 0 aliphatic carbocycles. The number of anilines is 1. The van der Waals surface area contributed by atoms with Crippen LogP contribution < -0.4 is 10.9 Å². The topological polar surface area (TPSA) is 76.9 Å². The highest BCUT2D eigenvalue weighted by atomic mass is 16.2. The van der Waals surface area contributed by atoms with Gasteiger partial charge in [0.15, 0.2) is 0 Å². The predicted molar refractivity (Wildman–Crippen MR) is 80.5 cm³/mol. The van der Waals surface area contributed by atoms with Crippen molar-refractivity contribution in [2.45, 2.75) is 26.7 Å². The van der Waals surface area contributed by atoms with Crippen molar-refractivity contribution in [2.75, 3.05) is 5.32 Å². The second kappa shape index (κ2) is 5.87. The fourth-order valence-corrected chi connectivity index (χ4v) is 1.87. The van der Waals surface area contributed by atoms with Gasteiger partial charge in [-0.25, -0.2) is 9.97 Å². The van der Waals surface area contributed by atoms with Gasteiger partial charge >= 0.3 is 0 Å². The number of pyridine rings is 1. The lowest BCUT2D eigenvalue weighted by Crippen LogP contribution is -2.27. The first-order valence-corrected chi connectivity index (χ1v) is 6.71. The Hall–Kier alpha value is -2.50. The molecule has 2 heterocycles. The van der Waals surface area contributed by atoms with Crippen LogP contribution in [0.2, 0.25) is 0 Å². The fraction of sp³-hybridized carbons (Fsp3) is 0.333. The molecule has 2 aromatic heterocycles. The minimum Gasteiger partial charge on any atom is -0.318 e. The highest BCUT2D eigenvalue weighted by Crippen LogP contribution is 2.14. The van der Waals surface area contributed by atoms with Gasteiger partial charge in [0.05, 0.1) is 0 Å². The summed E-state index contributed by atoms with van der Waals surface area (Å²) in [5, 5.41) is 2.66. The van der Waals surface area contributed by atoms with Crippen LogP contribution in [0.1, 0.15) is 41.6 Å². The van der Waals surface area contributed by atoms with Crippen molar-refractivity contribution in [3.63, 3.8) is 0 Å². The van der Waals surface area contributed by atoms with Gasteiger partial charge in [-0.05, 0) is 19.1 Å². The van der Waals surface area contributed by atoms with Crippen molar-refractivity contribution in [2.24, 2.45) is 7.05 Å². The Morgan fingerprint density at radius 3 is 2.71 bits per heavy atom. The van der Waals surface area contributed by atoms with E-state index >= 15 is 0 Å². The van der Waals surface area contributed by atoms with Gasteiger partial charge in [0.2, 0.25) is 0 Å². The average Bonchev–Trinajstić information content (AvgIpc) is 2.41. The second-order valence-electron chi connectivity index (χ2n) is 5.20. The lowest BCUT2D eigenvalue weighted by atomic mass is 10.2. The lowest BCUT2D eigenvalue weighted by Gasteiger charge is -2.09. The van der Waals surface area contributed by atoms with E-state index in [9.17, 15) is 9.59 Å². The van der Waals surface area contributed by atoms with Crippen molar-refractivity contribution in [1.29, 1.82) is 0 Å². The summed E-state index contributed by atoms with van der Waals surface area (Å²) in [5.41, 5.74) is 0.511. The number of hydrogen-bond donors (Lipinski definition) is 1. The van der Waals surface area contributed by atoms with Crippen molar-refractivity contribution in [1.82, 2.24) is 14.5 Å². The molecule has 1 amide bonds. The molecule has 6 heteroatoms. The zero-order valence-electron chi connectivity index (χ0n) is 12.5. The molecule has 21 heavy (non-hydrogen) atoms. The van der Waals surface area contributed by atoms with E-state index in [1.807, 2.05) is 20.8 Å². The molecule has 0 spiro atoms. The number of hydrogen-bond acceptors (Lipinski definition) is 4. The van der Waals surface area contributed by atoms with Gasteiger partial charge in [0.1, 0.15) is 17.2 Å². The molecule has 0 saturated carbocycles. The largest absolute Gasteiger partial charge is 0.318 e. The van der Waals surface area contributed by atoms with Crippen LogP contribution in [-0.2, 0) is 7.05 Å². The normalized spacial score (nSPS) is 10.7. The van der Waals surface area contributed by atoms with Gasteiger partial charge in [-0.3, -0.25) is 9.59 Å². The lowest BCUT2D eigenvalue weighted by molar-refractivity contribution is 0.102. The van der Waals surface area contributed by atoms with Crippen LogP contribution in [0.3, 0.4) is 0 Å². The van der Waals surface area contributed by atoms with Crippen LogP contribution in [0.15, 0.2) is 29.2 Å². The first-order chi connectivity index (χ1) is 9.88. The van der Waals surface area contributed by atoms with Gasteiger partial charge in [-0.15, -0.1) is 0 Å². The van der Waals surface area contributed by atoms with Crippen LogP contribution in [0.4, 0.5) is 5.82 Å². The molecule has 0 aliphatic heterocycles. The van der Waals surface area contributed by atoms with E-state index in [1.54, 1.807) is 25.4 Å². The molecular weight excluding hydrogens is 268 g/mol. The summed E-state index contributed by atoms with van der Waals surface area (Å²) >= 11 is 0. The van der Waals surface area contributed by atoms with Crippen LogP contribution in [0, 0.1) is 6.92 Å². The van der Waals surface area contributed by atoms with Crippen LogP contribution >= 0.6 is 0 Å². The zero-order valence-corrected chi connectivity index (χ0v) is 12.5. The molecule has 0 unspecified atom stereocenters. The quantitative estimate of drug-likeness (QED) is 0.934. The molecule has 0 aliphatic rings. The Bertz CT molecular complexity index is 735. The molecule has 2 aromatic rings. The van der Waals surface area contributed by atoms with Crippen LogP contribution in [0.25, 0.3) is 0 Å². The third-order valence-electron chi connectivity index (χ3n) is 3.00. The first-order valence-electron chi connectivity index (χ1n) is 6.71. The predicted octanol–water partition coefficient (Wildman–Crippen LogP) is 1.86. The number of rotatable bonds is 3. The van der Waals surface area contributed by atoms with Gasteiger partial charge in [0, 0.05) is 30.9 Å². The number of carbonyl (C=O) groups is 1. The summed E-state index contributed by atoms with van der Waals surface area (Å²) in [6, 6.07) is 4.83. The molecule has 0 saturated heterocycles. The molecular formula is C15H18N4O2. The molecule has 110 valence electrons. The van der Waals surface area contributed by atoms with E-state index in [0.717, 1.165) is 5.69 Å². The van der Waals surface area contributed by atoms with Crippen molar-refractivity contribution in [3.05, 3.63) is 51.8 Å². The maximum Gasteiger partial charge on any atom is 0.263 e. The van der Waals surface area contributed by atoms with E-state index in [-0.39, 0.29) is 17.0 Å². The number of aromatic nitrogens is 3. The molecule has 0 fully saturated rings. The Morgan fingerprint density at radius 1 is 1.33 bits per heavy atom. The Kier molecular flexibility index (Phi) is 4.16. The third-order valence-corrected chi connectivity index (χ3v) is 3.00. The van der Waals surface area contributed by atoms with Gasteiger partial charge in [0.25, 0.3) is 11.5 Å². The zero-order chi connectivity index (χ0) is 15.6. The van der Waals surface area contributed by atoms with Gasteiger partial charge in [-0.1, -0.05) is 13.8 Å². The summed E-state index contributed by atoms with van der Waals surface area (Å²) in [7, 11) is 1.60. The number of aryl methyl sites for hydroxylation is 2. The standard InChI is InChI=1S/C15H18N4O2/c1-9(2)13-16-10(3)8-12(17-13)18-14(20)11-6-5-7-19(4)15(11)21/h5-9H,1-4H3,(H,16,17,18,20). The van der Waals surface area contributed by atoms with Crippen LogP contribution in [0.5, 0.6) is 0 Å². The van der Waals surface area contributed by atoms with Gasteiger partial charge < -0.3 is 9.88 Å². The van der Waals surface area contributed by atoms with Crippen molar-refractivity contribution in [3.8, 4) is 0 Å². The number of carbonyl (C=O) groups excluding carboxylic acids is 1. The second-order valence-corrected chi connectivity index (χ2v) is 5.20. The molecule has 6 nitrogen and oxygen atoms in total. The minimum absolute atomic E-state index is 0.0855. The molecule has 0 aromatic carbocycles. The summed E-state index contributed by atoms with van der Waals surface area (Å²) in [4.78, 5) is 32.7. The maximum atomic E-state index is 12.2. The van der Waals surface area contributed by atoms with Gasteiger partial charge in [-0.2, -0.15) is 0 Å². The fourth-order valence-electron chi connectivity index (χ4n) is 1.87. The van der Waals surface area contributed by atoms with E-state index in [2.05, 4.69) is 15.3 Å². The Labute approximate surface area is 122 Å². The monoisotopic (exact) mass is 286 g/mol. The summed E-state index contributed by atoms with van der Waals surface area (Å²) in [6.07, 6.45) is 1.60. The van der Waals surface area contributed by atoms with Crippen molar-refractivity contribution >= 4 is 11.7 Å². The summed E-state index contributed by atoms with van der Waals surface area (Å²) in [6.45, 7) is 5.80. The molecule has 1 N–H and O–H groups in total. The van der Waals surface area contributed by atoms with E-state index in [1.165, 1.54) is 10.6 Å². The third kappa shape index (κ3) is 3.34. The summed E-state index contributed by atoms with van der Waals surface area (Å²) in [5.74, 6) is 0.752. The Morgan fingerprint density at radius 2 is 2.05 bits per heavy atom. The minimum atomic E-state index is -0.469. The van der Waals surface area contributed by atoms with E-state index < -0.39 is 5.91 Å². The first kappa shape index (κ1) is 14.9. The Balaban J connectivity index is 2.32. The average molecular weight is 286 g/mol. The smallest absolute Gasteiger partial charge is 0.263 e. The van der Waals surface area contributed by atoms with Crippen molar-refractivity contribution < 1.29 is 4.79 Å². The SMILES string of the molecule is Cc1cc(NC(=O)c2cccn(C)c2=O)nc(C(C)C)n1. The molecule has 0 radical (unpaired) electrons. The number of nitrogens with one attached hydrogen (secondary N) is 1. The van der Waals surface area contributed by atoms with E-state index in [4.69, 9.17) is 0 Å². The van der Waals surface area contributed by atoms with E-state index in [0.29, 0.717) is 11.6 Å². The summed E-state index contributed by atoms with van der Waals surface area (Å²) < 4.78 is 1.36. The highest BCUT2D eigenvalue weighted by molar-refractivity contribution is 6.03. The highest BCUT2D eigenvalue weighted by Gasteiger charge is 2.13. The molecule has 2 rings (SSSR count). The molecule has 0 atom stereocenters.